The van der Waals surface area contributed by atoms with Crippen molar-refractivity contribution in [1.82, 2.24) is 14.9 Å². The monoisotopic (exact) mass is 448 g/mol. The smallest absolute Gasteiger partial charge is 0.254 e. The second-order valence-electron chi connectivity index (χ2n) is 9.29. The SMILES string of the molecule is CCN1Cc2c(ccnc2NC(C)c2ccc(Oc3ccc(C(C)(C)C)nc3)c(F)c2)C1=O. The minimum absolute atomic E-state index is 0.0168. The maximum Gasteiger partial charge on any atom is 0.254 e. The van der Waals surface area contributed by atoms with Crippen LogP contribution in [0.5, 0.6) is 11.5 Å². The van der Waals surface area contributed by atoms with Gasteiger partial charge in [0.1, 0.15) is 11.6 Å². The van der Waals surface area contributed by atoms with Crippen LogP contribution in [-0.2, 0) is 12.0 Å². The zero-order valence-corrected chi connectivity index (χ0v) is 19.6. The highest BCUT2D eigenvalue weighted by Crippen LogP contribution is 2.32. The summed E-state index contributed by atoms with van der Waals surface area (Å²) in [6.07, 6.45) is 3.24. The Labute approximate surface area is 193 Å². The summed E-state index contributed by atoms with van der Waals surface area (Å²) in [6.45, 7) is 11.3. The lowest BCUT2D eigenvalue weighted by Crippen LogP contribution is -2.22. The van der Waals surface area contributed by atoms with Gasteiger partial charge in [0.25, 0.3) is 5.91 Å². The summed E-state index contributed by atoms with van der Waals surface area (Å²) < 4.78 is 20.5. The van der Waals surface area contributed by atoms with E-state index in [2.05, 4.69) is 36.1 Å². The standard InChI is InChI=1S/C26H29FN4O2/c1-6-31-15-20-19(25(31)32)11-12-28-24(20)30-16(2)17-7-9-22(21(27)13-17)33-18-8-10-23(29-14-18)26(3,4)5/h7-14,16H,6,15H2,1-5H3,(H,28,30). The van der Waals surface area contributed by atoms with E-state index in [0.29, 0.717) is 30.2 Å². The molecule has 2 aromatic heterocycles. The number of ether oxygens (including phenoxy) is 1. The Balaban J connectivity index is 1.48. The number of benzene rings is 1. The maximum absolute atomic E-state index is 14.8. The van der Waals surface area contributed by atoms with Gasteiger partial charge in [0.15, 0.2) is 11.6 Å². The lowest BCUT2D eigenvalue weighted by Gasteiger charge is -2.19. The molecule has 172 valence electrons. The average Bonchev–Trinajstić information content (AvgIpc) is 3.11. The highest BCUT2D eigenvalue weighted by Gasteiger charge is 2.29. The van der Waals surface area contributed by atoms with Gasteiger partial charge in [0.2, 0.25) is 0 Å². The fourth-order valence-electron chi connectivity index (χ4n) is 3.83. The topological polar surface area (TPSA) is 67.3 Å². The van der Waals surface area contributed by atoms with Gasteiger partial charge < -0.3 is 15.0 Å². The van der Waals surface area contributed by atoms with E-state index in [0.717, 1.165) is 16.8 Å². The zero-order chi connectivity index (χ0) is 23.8. The molecule has 0 radical (unpaired) electrons. The number of anilines is 1. The number of pyridine rings is 2. The molecule has 3 heterocycles. The molecule has 1 aliphatic heterocycles. The molecule has 1 aliphatic rings. The number of nitrogens with one attached hydrogen (secondary N) is 1. The van der Waals surface area contributed by atoms with Gasteiger partial charge in [-0.1, -0.05) is 26.8 Å². The summed E-state index contributed by atoms with van der Waals surface area (Å²) in [5.74, 6) is 0.826. The first-order chi connectivity index (χ1) is 15.7. The molecule has 7 heteroatoms. The van der Waals surface area contributed by atoms with Crippen molar-refractivity contribution in [2.24, 2.45) is 0 Å². The minimum atomic E-state index is -0.459. The molecule has 0 saturated heterocycles. The number of aromatic nitrogens is 2. The molecule has 1 N–H and O–H groups in total. The summed E-state index contributed by atoms with van der Waals surface area (Å²) in [5, 5.41) is 3.33. The quantitative estimate of drug-likeness (QED) is 0.512. The van der Waals surface area contributed by atoms with E-state index in [9.17, 15) is 9.18 Å². The van der Waals surface area contributed by atoms with Crippen LogP contribution < -0.4 is 10.1 Å². The van der Waals surface area contributed by atoms with Crippen molar-refractivity contribution >= 4 is 11.7 Å². The molecule has 6 nitrogen and oxygen atoms in total. The van der Waals surface area contributed by atoms with E-state index >= 15 is 0 Å². The van der Waals surface area contributed by atoms with Gasteiger partial charge in [-0.3, -0.25) is 9.78 Å². The van der Waals surface area contributed by atoms with Gasteiger partial charge in [-0.2, -0.15) is 0 Å². The number of fused-ring (bicyclic) bond motifs is 1. The molecule has 1 amide bonds. The van der Waals surface area contributed by atoms with E-state index in [1.54, 1.807) is 35.5 Å². The molecule has 1 atom stereocenters. The molecule has 1 unspecified atom stereocenters. The molecule has 4 rings (SSSR count). The fraction of sp³-hybridized carbons (Fsp3) is 0.346. The summed E-state index contributed by atoms with van der Waals surface area (Å²) in [7, 11) is 0. The van der Waals surface area contributed by atoms with Gasteiger partial charge in [-0.05, 0) is 49.7 Å². The van der Waals surface area contributed by atoms with Gasteiger partial charge in [-0.25, -0.2) is 9.37 Å². The highest BCUT2D eigenvalue weighted by molar-refractivity contribution is 5.99. The Morgan fingerprint density at radius 3 is 2.61 bits per heavy atom. The Bertz CT molecular complexity index is 1170. The van der Waals surface area contributed by atoms with Crippen molar-refractivity contribution in [2.45, 2.75) is 52.6 Å². The minimum Gasteiger partial charge on any atom is -0.453 e. The van der Waals surface area contributed by atoms with Crippen molar-refractivity contribution in [3.8, 4) is 11.5 Å². The van der Waals surface area contributed by atoms with E-state index in [4.69, 9.17) is 4.74 Å². The lowest BCUT2D eigenvalue weighted by molar-refractivity contribution is 0.0787. The summed E-state index contributed by atoms with van der Waals surface area (Å²) >= 11 is 0. The lowest BCUT2D eigenvalue weighted by atomic mass is 9.92. The largest absolute Gasteiger partial charge is 0.453 e. The number of nitrogens with zero attached hydrogens (tertiary/aromatic N) is 3. The third-order valence-corrected chi connectivity index (χ3v) is 5.85. The van der Waals surface area contributed by atoms with Crippen molar-refractivity contribution in [3.05, 3.63) is 77.0 Å². The van der Waals surface area contributed by atoms with Crippen molar-refractivity contribution in [1.29, 1.82) is 0 Å². The number of amides is 1. The van der Waals surface area contributed by atoms with E-state index in [-0.39, 0.29) is 23.1 Å². The Hall–Kier alpha value is -3.48. The van der Waals surface area contributed by atoms with Crippen LogP contribution in [0.2, 0.25) is 0 Å². The molecule has 0 saturated carbocycles. The fourth-order valence-corrected chi connectivity index (χ4v) is 3.83. The average molecular weight is 449 g/mol. The molecular weight excluding hydrogens is 419 g/mol. The third-order valence-electron chi connectivity index (χ3n) is 5.85. The maximum atomic E-state index is 14.8. The first-order valence-electron chi connectivity index (χ1n) is 11.1. The van der Waals surface area contributed by atoms with Gasteiger partial charge in [-0.15, -0.1) is 0 Å². The molecule has 3 aromatic rings. The second-order valence-corrected chi connectivity index (χ2v) is 9.29. The van der Waals surface area contributed by atoms with E-state index in [1.807, 2.05) is 26.0 Å². The van der Waals surface area contributed by atoms with Crippen LogP contribution in [0.4, 0.5) is 10.2 Å². The zero-order valence-electron chi connectivity index (χ0n) is 19.6. The third kappa shape index (κ3) is 4.67. The van der Waals surface area contributed by atoms with E-state index < -0.39 is 5.82 Å². The van der Waals surface area contributed by atoms with Gasteiger partial charge in [0.05, 0.1) is 18.8 Å². The predicted octanol–water partition coefficient (Wildman–Crippen LogP) is 5.85. The van der Waals surface area contributed by atoms with Crippen LogP contribution in [0.25, 0.3) is 0 Å². The normalized spacial score (nSPS) is 14.2. The van der Waals surface area contributed by atoms with Gasteiger partial charge in [0, 0.05) is 35.0 Å². The summed E-state index contributed by atoms with van der Waals surface area (Å²) in [6, 6.07) is 10.1. The predicted molar refractivity (Wildman–Crippen MR) is 126 cm³/mol. The molecule has 0 bridgehead atoms. The number of hydrogen-bond acceptors (Lipinski definition) is 5. The van der Waals surface area contributed by atoms with Crippen molar-refractivity contribution < 1.29 is 13.9 Å². The van der Waals surface area contributed by atoms with Crippen molar-refractivity contribution in [2.75, 3.05) is 11.9 Å². The van der Waals surface area contributed by atoms with Crippen LogP contribution in [-0.4, -0.2) is 27.3 Å². The Kier molecular flexibility index (Phi) is 6.06. The van der Waals surface area contributed by atoms with Gasteiger partial charge >= 0.3 is 0 Å². The van der Waals surface area contributed by atoms with Crippen LogP contribution in [0, 0.1) is 5.82 Å². The van der Waals surface area contributed by atoms with E-state index in [1.165, 1.54) is 6.07 Å². The number of carbonyl (C=O) groups is 1. The molecule has 0 aliphatic carbocycles. The molecule has 33 heavy (non-hydrogen) atoms. The number of hydrogen-bond donors (Lipinski definition) is 1. The van der Waals surface area contributed by atoms with Crippen LogP contribution >= 0.6 is 0 Å². The van der Waals surface area contributed by atoms with Crippen LogP contribution in [0.3, 0.4) is 0 Å². The van der Waals surface area contributed by atoms with Crippen molar-refractivity contribution in [3.63, 3.8) is 0 Å². The summed E-state index contributed by atoms with van der Waals surface area (Å²) in [4.78, 5) is 23.1. The first kappa shape index (κ1) is 22.7. The number of carbonyl (C=O) groups excluding carboxylic acids is 1. The second kappa shape index (κ2) is 8.81. The Morgan fingerprint density at radius 2 is 1.97 bits per heavy atom. The molecular formula is C26H29FN4O2. The number of rotatable bonds is 6. The van der Waals surface area contributed by atoms with Crippen LogP contribution in [0.1, 0.15) is 67.8 Å². The molecule has 1 aromatic carbocycles. The Morgan fingerprint density at radius 1 is 1.18 bits per heavy atom. The first-order valence-corrected chi connectivity index (χ1v) is 11.1. The highest BCUT2D eigenvalue weighted by atomic mass is 19.1. The summed E-state index contributed by atoms with van der Waals surface area (Å²) in [5.41, 5.74) is 3.17. The molecule has 0 fully saturated rings. The van der Waals surface area contributed by atoms with Crippen LogP contribution in [0.15, 0.2) is 48.8 Å². The molecule has 0 spiro atoms. The number of halogens is 1.